The number of carbonyl (C=O) groups excluding carboxylic acids is 1. The molecule has 0 fully saturated rings. The lowest BCUT2D eigenvalue weighted by atomic mass is 10.3. The monoisotopic (exact) mass is 321 g/mol. The van der Waals surface area contributed by atoms with E-state index in [9.17, 15) is 4.79 Å². The number of nitrogens with zero attached hydrogens (tertiary/aromatic N) is 2. The lowest BCUT2D eigenvalue weighted by Gasteiger charge is -2.07. The number of hydrogen-bond donors (Lipinski definition) is 1. The summed E-state index contributed by atoms with van der Waals surface area (Å²) in [6.07, 6.45) is 4.54. The van der Waals surface area contributed by atoms with Crippen LogP contribution in [-0.4, -0.2) is 16.1 Å². The van der Waals surface area contributed by atoms with Gasteiger partial charge in [0.05, 0.1) is 12.0 Å². The molecule has 2 aromatic heterocycles. The maximum absolute atomic E-state index is 11.9. The quantitative estimate of drug-likeness (QED) is 0.723. The first-order chi connectivity index (χ1) is 11.7. The normalized spacial score (nSPS) is 10.7. The third kappa shape index (κ3) is 4.30. The number of aromatic nitrogens is 2. The van der Waals surface area contributed by atoms with Gasteiger partial charge in [-0.3, -0.25) is 4.79 Å². The van der Waals surface area contributed by atoms with Crippen LogP contribution < -0.4 is 10.1 Å². The van der Waals surface area contributed by atoms with Gasteiger partial charge in [-0.25, -0.2) is 0 Å². The summed E-state index contributed by atoms with van der Waals surface area (Å²) in [6.45, 7) is 1.85. The zero-order valence-electron chi connectivity index (χ0n) is 13.0. The van der Waals surface area contributed by atoms with Crippen molar-refractivity contribution in [1.82, 2.24) is 10.2 Å². The first kappa shape index (κ1) is 15.5. The van der Waals surface area contributed by atoms with Gasteiger partial charge in [-0.1, -0.05) is 6.07 Å². The van der Waals surface area contributed by atoms with Gasteiger partial charge >= 0.3 is 0 Å². The molecule has 6 nitrogen and oxygen atoms in total. The summed E-state index contributed by atoms with van der Waals surface area (Å²) in [4.78, 5) is 11.9. The van der Waals surface area contributed by atoms with Crippen molar-refractivity contribution in [3.8, 4) is 11.6 Å². The highest BCUT2D eigenvalue weighted by molar-refractivity contribution is 6.01. The highest BCUT2D eigenvalue weighted by Gasteiger charge is 2.03. The zero-order valence-corrected chi connectivity index (χ0v) is 13.0. The number of rotatable bonds is 5. The summed E-state index contributed by atoms with van der Waals surface area (Å²) in [6, 6.07) is 14.1. The molecule has 0 aliphatic carbocycles. The van der Waals surface area contributed by atoms with E-state index in [2.05, 4.69) is 15.5 Å². The van der Waals surface area contributed by atoms with E-state index in [4.69, 9.17) is 9.15 Å². The topological polar surface area (TPSA) is 77.2 Å². The molecule has 1 amide bonds. The number of hydrogen-bond acceptors (Lipinski definition) is 5. The summed E-state index contributed by atoms with van der Waals surface area (Å²) < 4.78 is 10.7. The van der Waals surface area contributed by atoms with Gasteiger partial charge in [-0.2, -0.15) is 5.10 Å². The Kier molecular flexibility index (Phi) is 4.67. The Morgan fingerprint density at radius 2 is 2.08 bits per heavy atom. The van der Waals surface area contributed by atoms with Gasteiger partial charge in [0.2, 0.25) is 11.8 Å². The number of ether oxygens (including phenoxy) is 1. The molecule has 120 valence electrons. The molecule has 3 rings (SSSR count). The minimum atomic E-state index is -0.265. The Morgan fingerprint density at radius 1 is 1.17 bits per heavy atom. The van der Waals surface area contributed by atoms with Gasteiger partial charge in [0.25, 0.3) is 0 Å². The Labute approximate surface area is 138 Å². The second-order valence-electron chi connectivity index (χ2n) is 4.98. The van der Waals surface area contributed by atoms with Crippen LogP contribution >= 0.6 is 0 Å². The Morgan fingerprint density at radius 3 is 2.83 bits per heavy atom. The highest BCUT2D eigenvalue weighted by atomic mass is 16.5. The SMILES string of the molecule is Cc1ccc(Oc2cccc(NC(=O)/C=C/c3ccco3)c2)nn1. The van der Waals surface area contributed by atoms with Crippen LogP contribution in [0.2, 0.25) is 0 Å². The average Bonchev–Trinajstić information content (AvgIpc) is 3.09. The molecule has 1 N–H and O–H groups in total. The highest BCUT2D eigenvalue weighted by Crippen LogP contribution is 2.22. The summed E-state index contributed by atoms with van der Waals surface area (Å²) in [5, 5.41) is 10.6. The van der Waals surface area contributed by atoms with E-state index in [1.165, 1.54) is 6.08 Å². The van der Waals surface area contributed by atoms with E-state index >= 15 is 0 Å². The lowest BCUT2D eigenvalue weighted by molar-refractivity contribution is -0.111. The molecule has 3 aromatic rings. The molecule has 0 atom stereocenters. The summed E-state index contributed by atoms with van der Waals surface area (Å²) in [5.74, 6) is 1.29. The maximum Gasteiger partial charge on any atom is 0.248 e. The fraction of sp³-hybridized carbons (Fsp3) is 0.0556. The van der Waals surface area contributed by atoms with Gasteiger partial charge in [-0.15, -0.1) is 5.10 Å². The summed E-state index contributed by atoms with van der Waals surface area (Å²) in [7, 11) is 0. The molecule has 0 aliphatic heterocycles. The van der Waals surface area contributed by atoms with Crippen LogP contribution in [-0.2, 0) is 4.79 Å². The molecule has 0 bridgehead atoms. The van der Waals surface area contributed by atoms with E-state index in [1.807, 2.05) is 13.0 Å². The van der Waals surface area contributed by atoms with E-state index in [0.29, 0.717) is 23.1 Å². The van der Waals surface area contributed by atoms with Crippen molar-refractivity contribution in [1.29, 1.82) is 0 Å². The van der Waals surface area contributed by atoms with E-state index in [0.717, 1.165) is 5.69 Å². The van der Waals surface area contributed by atoms with Crippen LogP contribution in [0, 0.1) is 6.92 Å². The average molecular weight is 321 g/mol. The van der Waals surface area contributed by atoms with Crippen molar-refractivity contribution < 1.29 is 13.9 Å². The maximum atomic E-state index is 11.9. The minimum Gasteiger partial charge on any atom is -0.465 e. The first-order valence-electron chi connectivity index (χ1n) is 7.30. The smallest absolute Gasteiger partial charge is 0.248 e. The third-order valence-corrected chi connectivity index (χ3v) is 3.04. The van der Waals surface area contributed by atoms with Crippen molar-refractivity contribution in [3.63, 3.8) is 0 Å². The standard InChI is InChI=1S/C18H15N3O3/c1-13-7-10-18(21-20-13)24-16-5-2-4-14(12-16)19-17(22)9-8-15-6-3-11-23-15/h2-12H,1H3,(H,19,22)/b9-8+. The minimum absolute atomic E-state index is 0.265. The van der Waals surface area contributed by atoms with Crippen molar-refractivity contribution in [2.24, 2.45) is 0 Å². The molecule has 0 saturated heterocycles. The predicted octanol–water partition coefficient (Wildman–Crippen LogP) is 3.82. The van der Waals surface area contributed by atoms with Crippen LogP contribution in [0.5, 0.6) is 11.6 Å². The van der Waals surface area contributed by atoms with E-state index in [-0.39, 0.29) is 5.91 Å². The molecule has 0 aliphatic rings. The molecule has 6 heteroatoms. The number of amides is 1. The number of furan rings is 1. The molecular formula is C18H15N3O3. The number of aryl methyl sites for hydroxylation is 1. The van der Waals surface area contributed by atoms with Crippen molar-refractivity contribution in [2.75, 3.05) is 5.32 Å². The molecule has 0 spiro atoms. The third-order valence-electron chi connectivity index (χ3n) is 3.04. The van der Waals surface area contributed by atoms with Gasteiger partial charge in [0, 0.05) is 23.9 Å². The zero-order chi connectivity index (χ0) is 16.8. The van der Waals surface area contributed by atoms with Gasteiger partial charge in [-0.05, 0) is 43.3 Å². The van der Waals surface area contributed by atoms with Crippen LogP contribution in [0.25, 0.3) is 6.08 Å². The van der Waals surface area contributed by atoms with E-state index in [1.54, 1.807) is 54.8 Å². The van der Waals surface area contributed by atoms with Gasteiger partial charge < -0.3 is 14.5 Å². The van der Waals surface area contributed by atoms with E-state index < -0.39 is 0 Å². The molecular weight excluding hydrogens is 306 g/mol. The second kappa shape index (κ2) is 7.23. The van der Waals surface area contributed by atoms with Crippen LogP contribution in [0.1, 0.15) is 11.5 Å². The van der Waals surface area contributed by atoms with Gasteiger partial charge in [0.15, 0.2) is 0 Å². The molecule has 0 radical (unpaired) electrons. The summed E-state index contributed by atoms with van der Waals surface area (Å²) >= 11 is 0. The Hall–Kier alpha value is -3.41. The van der Waals surface area contributed by atoms with Crippen LogP contribution in [0.15, 0.2) is 65.3 Å². The molecule has 0 unspecified atom stereocenters. The van der Waals surface area contributed by atoms with Crippen molar-refractivity contribution in [2.45, 2.75) is 6.92 Å². The molecule has 24 heavy (non-hydrogen) atoms. The fourth-order valence-corrected chi connectivity index (χ4v) is 1.93. The first-order valence-corrected chi connectivity index (χ1v) is 7.30. The summed E-state index contributed by atoms with van der Waals surface area (Å²) in [5.41, 5.74) is 1.42. The number of nitrogens with one attached hydrogen (secondary N) is 1. The Bertz CT molecular complexity index is 840. The number of anilines is 1. The van der Waals surface area contributed by atoms with Crippen LogP contribution in [0.3, 0.4) is 0 Å². The molecule has 1 aromatic carbocycles. The Balaban J connectivity index is 1.64. The van der Waals surface area contributed by atoms with Crippen LogP contribution in [0.4, 0.5) is 5.69 Å². The second-order valence-corrected chi connectivity index (χ2v) is 4.98. The van der Waals surface area contributed by atoms with Crippen molar-refractivity contribution in [3.05, 3.63) is 72.3 Å². The number of carbonyl (C=O) groups is 1. The number of benzene rings is 1. The fourth-order valence-electron chi connectivity index (χ4n) is 1.93. The molecule has 0 saturated carbocycles. The van der Waals surface area contributed by atoms with Crippen molar-refractivity contribution >= 4 is 17.7 Å². The lowest BCUT2D eigenvalue weighted by Crippen LogP contribution is -2.07. The largest absolute Gasteiger partial charge is 0.465 e. The van der Waals surface area contributed by atoms with Gasteiger partial charge in [0.1, 0.15) is 11.5 Å². The predicted molar refractivity (Wildman–Crippen MR) is 89.7 cm³/mol. The molecule has 2 heterocycles.